The molecule has 158 valence electrons. The Balaban J connectivity index is 2.07. The summed E-state index contributed by atoms with van der Waals surface area (Å²) in [4.78, 5) is 48.7. The molecule has 2 aromatic rings. The second-order valence-corrected chi connectivity index (χ2v) is 7.70. The summed E-state index contributed by atoms with van der Waals surface area (Å²) in [5.74, 6) is -1.47. The maximum Gasteiger partial charge on any atom is 0.329 e. The third-order valence-electron chi connectivity index (χ3n) is 4.38. The zero-order valence-corrected chi connectivity index (χ0v) is 18.0. The summed E-state index contributed by atoms with van der Waals surface area (Å²) in [6.07, 6.45) is 0. The summed E-state index contributed by atoms with van der Waals surface area (Å²) in [6, 6.07) is 15.0. The minimum atomic E-state index is -0.894. The molecule has 7 heteroatoms. The van der Waals surface area contributed by atoms with Gasteiger partial charge in [-0.2, -0.15) is 0 Å². The predicted octanol–water partition coefficient (Wildman–Crippen LogP) is 3.35. The van der Waals surface area contributed by atoms with Gasteiger partial charge in [0.15, 0.2) is 10.9 Å². The van der Waals surface area contributed by atoms with E-state index in [0.717, 1.165) is 11.8 Å². The summed E-state index contributed by atoms with van der Waals surface area (Å²) in [5, 5.41) is 2.34. The molecule has 0 spiro atoms. The zero-order valence-electron chi connectivity index (χ0n) is 17.2. The van der Waals surface area contributed by atoms with Crippen molar-refractivity contribution < 1.29 is 23.9 Å². The molecule has 2 rings (SSSR count). The first-order valence-corrected chi connectivity index (χ1v) is 10.6. The Morgan fingerprint density at radius 1 is 1.00 bits per heavy atom. The van der Waals surface area contributed by atoms with Crippen molar-refractivity contribution in [2.45, 2.75) is 32.7 Å². The molecule has 2 aromatic carbocycles. The molecule has 0 saturated heterocycles. The second-order valence-electron chi connectivity index (χ2n) is 6.68. The van der Waals surface area contributed by atoms with E-state index in [1.54, 1.807) is 62.4 Å². The minimum absolute atomic E-state index is 0.0736. The van der Waals surface area contributed by atoms with E-state index in [2.05, 4.69) is 5.32 Å². The number of benzene rings is 2. The van der Waals surface area contributed by atoms with Crippen LogP contribution in [-0.4, -0.2) is 41.2 Å². The molecule has 0 fully saturated rings. The van der Waals surface area contributed by atoms with Gasteiger partial charge >= 0.3 is 5.97 Å². The van der Waals surface area contributed by atoms with Gasteiger partial charge in [-0.3, -0.25) is 14.4 Å². The first kappa shape index (κ1) is 23.3. The van der Waals surface area contributed by atoms with Crippen LogP contribution in [0.2, 0.25) is 0 Å². The number of ketones is 1. The van der Waals surface area contributed by atoms with E-state index in [1.807, 2.05) is 6.07 Å². The number of esters is 1. The Morgan fingerprint density at radius 3 is 2.30 bits per heavy atom. The van der Waals surface area contributed by atoms with Gasteiger partial charge in [0.25, 0.3) is 0 Å². The van der Waals surface area contributed by atoms with Crippen LogP contribution in [0.15, 0.2) is 54.6 Å². The Bertz CT molecular complexity index is 913. The van der Waals surface area contributed by atoms with Gasteiger partial charge in [0.2, 0.25) is 5.91 Å². The van der Waals surface area contributed by atoms with E-state index in [1.165, 1.54) is 6.92 Å². The van der Waals surface area contributed by atoms with Crippen LogP contribution in [0.25, 0.3) is 0 Å². The van der Waals surface area contributed by atoms with Crippen LogP contribution in [0.3, 0.4) is 0 Å². The predicted molar refractivity (Wildman–Crippen MR) is 116 cm³/mol. The number of carbonyl (C=O) groups excluding carboxylic acids is 4. The molecule has 0 bridgehead atoms. The van der Waals surface area contributed by atoms with Gasteiger partial charge < -0.3 is 10.1 Å². The number of rotatable bonds is 9. The van der Waals surface area contributed by atoms with Crippen LogP contribution in [0.5, 0.6) is 0 Å². The van der Waals surface area contributed by atoms with E-state index >= 15 is 0 Å². The monoisotopic (exact) mass is 427 g/mol. The highest BCUT2D eigenvalue weighted by Gasteiger charge is 2.24. The van der Waals surface area contributed by atoms with E-state index in [4.69, 9.17) is 4.74 Å². The van der Waals surface area contributed by atoms with Crippen molar-refractivity contribution in [2.24, 2.45) is 0 Å². The first-order valence-electron chi connectivity index (χ1n) is 9.63. The Hall–Kier alpha value is -2.93. The Morgan fingerprint density at radius 2 is 1.67 bits per heavy atom. The van der Waals surface area contributed by atoms with Gasteiger partial charge in [-0.15, -0.1) is 0 Å². The minimum Gasteiger partial charge on any atom is -0.464 e. The Kier molecular flexibility index (Phi) is 8.80. The highest BCUT2D eigenvalue weighted by atomic mass is 32.2. The van der Waals surface area contributed by atoms with Crippen LogP contribution in [0.1, 0.15) is 48.2 Å². The maximum atomic E-state index is 12.7. The summed E-state index contributed by atoms with van der Waals surface area (Å²) in [7, 11) is 0. The molecule has 1 amide bonds. The van der Waals surface area contributed by atoms with Crippen molar-refractivity contribution in [3.05, 3.63) is 71.3 Å². The lowest BCUT2D eigenvalue weighted by Crippen LogP contribution is -2.43. The molecule has 2 unspecified atom stereocenters. The van der Waals surface area contributed by atoms with E-state index in [-0.39, 0.29) is 29.2 Å². The standard InChI is InChI=1S/C23H25NO5S/c1-4-29-22(27)20(24-16(3)25)14-30-23(28)15(2)18-11-8-12-19(13-18)21(26)17-9-6-5-7-10-17/h5-13,15,20H,4,14H2,1-3H3,(H,24,25). The number of carbonyl (C=O) groups is 4. The summed E-state index contributed by atoms with van der Waals surface area (Å²) in [6.45, 7) is 4.91. The van der Waals surface area contributed by atoms with Gasteiger partial charge in [0.05, 0.1) is 12.5 Å². The first-order chi connectivity index (χ1) is 14.3. The highest BCUT2D eigenvalue weighted by Crippen LogP contribution is 2.24. The molecule has 1 N–H and O–H groups in total. The number of nitrogens with one attached hydrogen (secondary N) is 1. The van der Waals surface area contributed by atoms with E-state index in [0.29, 0.717) is 16.7 Å². The number of amides is 1. The largest absolute Gasteiger partial charge is 0.464 e. The second kappa shape index (κ2) is 11.3. The van der Waals surface area contributed by atoms with Gasteiger partial charge in [-0.1, -0.05) is 67.2 Å². The molecular formula is C23H25NO5S. The molecule has 30 heavy (non-hydrogen) atoms. The van der Waals surface area contributed by atoms with Crippen molar-refractivity contribution in [3.63, 3.8) is 0 Å². The smallest absolute Gasteiger partial charge is 0.329 e. The topological polar surface area (TPSA) is 89.5 Å². The normalized spacial score (nSPS) is 12.5. The average Bonchev–Trinajstić information content (AvgIpc) is 2.75. The molecule has 0 aliphatic rings. The zero-order chi connectivity index (χ0) is 22.1. The van der Waals surface area contributed by atoms with Crippen LogP contribution in [0, 0.1) is 0 Å². The third kappa shape index (κ3) is 6.56. The molecule has 0 aliphatic carbocycles. The maximum absolute atomic E-state index is 12.7. The summed E-state index contributed by atoms with van der Waals surface area (Å²) < 4.78 is 4.95. The van der Waals surface area contributed by atoms with Gasteiger partial charge in [0.1, 0.15) is 6.04 Å². The van der Waals surface area contributed by atoms with Crippen molar-refractivity contribution in [2.75, 3.05) is 12.4 Å². The van der Waals surface area contributed by atoms with Gasteiger partial charge in [-0.25, -0.2) is 4.79 Å². The number of hydrogen-bond acceptors (Lipinski definition) is 6. The lowest BCUT2D eigenvalue weighted by atomic mass is 9.96. The number of hydrogen-bond donors (Lipinski definition) is 1. The van der Waals surface area contributed by atoms with Gasteiger partial charge in [0, 0.05) is 23.8 Å². The quantitative estimate of drug-likeness (QED) is 0.488. The third-order valence-corrected chi connectivity index (χ3v) is 5.52. The summed E-state index contributed by atoms with van der Waals surface area (Å²) >= 11 is 0.955. The fourth-order valence-corrected chi connectivity index (χ4v) is 3.73. The number of ether oxygens (including phenoxy) is 1. The SMILES string of the molecule is CCOC(=O)C(CSC(=O)C(C)c1cccc(C(=O)c2ccccc2)c1)NC(C)=O. The molecule has 0 aromatic heterocycles. The lowest BCUT2D eigenvalue weighted by molar-refractivity contribution is -0.146. The fourth-order valence-electron chi connectivity index (χ4n) is 2.79. The van der Waals surface area contributed by atoms with E-state index < -0.39 is 17.9 Å². The molecule has 6 nitrogen and oxygen atoms in total. The van der Waals surface area contributed by atoms with Crippen LogP contribution in [-0.2, 0) is 19.1 Å². The molecule has 2 atom stereocenters. The number of thioether (sulfide) groups is 1. The average molecular weight is 428 g/mol. The van der Waals surface area contributed by atoms with Crippen LogP contribution < -0.4 is 5.32 Å². The van der Waals surface area contributed by atoms with Crippen LogP contribution in [0.4, 0.5) is 0 Å². The molecule has 0 aliphatic heterocycles. The molecule has 0 radical (unpaired) electrons. The molecule has 0 saturated carbocycles. The summed E-state index contributed by atoms with van der Waals surface area (Å²) in [5.41, 5.74) is 1.79. The van der Waals surface area contributed by atoms with Crippen molar-refractivity contribution in [1.29, 1.82) is 0 Å². The van der Waals surface area contributed by atoms with Crippen molar-refractivity contribution in [1.82, 2.24) is 5.32 Å². The highest BCUT2D eigenvalue weighted by molar-refractivity contribution is 8.13. The fraction of sp³-hybridized carbons (Fsp3) is 0.304. The lowest BCUT2D eigenvalue weighted by Gasteiger charge is -2.17. The van der Waals surface area contributed by atoms with Crippen LogP contribution >= 0.6 is 11.8 Å². The molecule has 0 heterocycles. The van der Waals surface area contributed by atoms with Gasteiger partial charge in [-0.05, 0) is 18.6 Å². The van der Waals surface area contributed by atoms with Crippen molar-refractivity contribution >= 4 is 34.5 Å². The van der Waals surface area contributed by atoms with Crippen molar-refractivity contribution in [3.8, 4) is 0 Å². The molecular weight excluding hydrogens is 402 g/mol. The van der Waals surface area contributed by atoms with E-state index in [9.17, 15) is 19.2 Å². The Labute approximate surface area is 180 Å².